The molecule has 1 N–H and O–H groups in total. The van der Waals surface area contributed by atoms with Crippen molar-refractivity contribution in [3.8, 4) is 0 Å². The summed E-state index contributed by atoms with van der Waals surface area (Å²) in [7, 11) is 0. The van der Waals surface area contributed by atoms with E-state index in [0.717, 1.165) is 0 Å². The molecule has 0 radical (unpaired) electrons. The van der Waals surface area contributed by atoms with Crippen LogP contribution >= 0.6 is 0 Å². The maximum atomic E-state index is 12.6. The first kappa shape index (κ1) is 14.5. The van der Waals surface area contributed by atoms with Gasteiger partial charge in [0.15, 0.2) is 0 Å². The zero-order chi connectivity index (χ0) is 14.1. The van der Waals surface area contributed by atoms with Crippen molar-refractivity contribution in [2.24, 2.45) is 0 Å². The number of hydrogen-bond donors (Lipinski definition) is 1. The van der Waals surface area contributed by atoms with E-state index in [9.17, 15) is 31.1 Å². The van der Waals surface area contributed by atoms with Crippen molar-refractivity contribution in [2.75, 3.05) is 0 Å². The fraction of sp³-hybridized carbons (Fsp3) is 0.300. The number of carbonyl (C=O) groups is 1. The van der Waals surface area contributed by atoms with Crippen LogP contribution in [0.5, 0.6) is 0 Å². The molecule has 0 spiro atoms. The summed E-state index contributed by atoms with van der Waals surface area (Å²) >= 11 is 0. The minimum Gasteiger partial charge on any atom is -0.392 e. The van der Waals surface area contributed by atoms with Crippen molar-refractivity contribution in [1.29, 1.82) is 0 Å². The summed E-state index contributed by atoms with van der Waals surface area (Å²) in [6.45, 7) is -1.25. The summed E-state index contributed by atoms with van der Waals surface area (Å²) in [4.78, 5) is 10.4. The fourth-order valence-corrected chi connectivity index (χ4v) is 1.48. The third kappa shape index (κ3) is 2.81. The van der Waals surface area contributed by atoms with E-state index < -0.39 is 41.2 Å². The quantitative estimate of drug-likeness (QED) is 0.663. The Morgan fingerprint density at radius 2 is 1.61 bits per heavy atom. The minimum atomic E-state index is -5.27. The highest BCUT2D eigenvalue weighted by Gasteiger charge is 2.44. The first-order valence-corrected chi connectivity index (χ1v) is 4.48. The second-order valence-electron chi connectivity index (χ2n) is 3.37. The van der Waals surface area contributed by atoms with Crippen molar-refractivity contribution in [2.45, 2.75) is 19.0 Å². The molecule has 8 heteroatoms. The smallest absolute Gasteiger partial charge is 0.392 e. The molecule has 0 saturated carbocycles. The molecule has 2 nitrogen and oxygen atoms in total. The van der Waals surface area contributed by atoms with Crippen LogP contribution < -0.4 is 0 Å². The number of aliphatic hydroxyl groups is 1. The summed E-state index contributed by atoms with van der Waals surface area (Å²) in [6.07, 6.45) is -10.6. The van der Waals surface area contributed by atoms with Gasteiger partial charge in [-0.05, 0) is 17.7 Å². The molecular formula is C10H6F6O2. The molecule has 100 valence electrons. The van der Waals surface area contributed by atoms with Gasteiger partial charge in [0, 0.05) is 5.56 Å². The predicted molar refractivity (Wildman–Crippen MR) is 47.8 cm³/mol. The van der Waals surface area contributed by atoms with Crippen molar-refractivity contribution in [3.63, 3.8) is 0 Å². The Morgan fingerprint density at radius 3 is 1.94 bits per heavy atom. The fourth-order valence-electron chi connectivity index (χ4n) is 1.48. The van der Waals surface area contributed by atoms with E-state index in [-0.39, 0.29) is 12.4 Å². The number of hydrogen-bond acceptors (Lipinski definition) is 2. The van der Waals surface area contributed by atoms with E-state index in [1.165, 1.54) is 0 Å². The molecule has 0 fully saturated rings. The van der Waals surface area contributed by atoms with Crippen LogP contribution in [0.4, 0.5) is 26.3 Å². The summed E-state index contributed by atoms with van der Waals surface area (Å²) in [5.41, 5.74) is -5.52. The predicted octanol–water partition coefficient (Wildman–Crippen LogP) is 3.03. The zero-order valence-corrected chi connectivity index (χ0v) is 8.56. The summed E-state index contributed by atoms with van der Waals surface area (Å²) in [6, 6.07) is 0.681. The molecule has 0 unspecified atom stereocenters. The normalized spacial score (nSPS) is 12.6. The number of aldehydes is 1. The van der Waals surface area contributed by atoms with Crippen LogP contribution in [-0.2, 0) is 19.0 Å². The first-order valence-electron chi connectivity index (χ1n) is 4.48. The Balaban J connectivity index is 3.69. The molecule has 0 heterocycles. The molecule has 0 aliphatic rings. The van der Waals surface area contributed by atoms with Gasteiger partial charge in [0.2, 0.25) is 0 Å². The van der Waals surface area contributed by atoms with Gasteiger partial charge in [-0.15, -0.1) is 0 Å². The number of alkyl halides is 6. The lowest BCUT2D eigenvalue weighted by molar-refractivity contribution is -0.162. The SMILES string of the molecule is O=Cc1cc(CO)c(C(F)(F)F)c(C(F)(F)F)c1. The van der Waals surface area contributed by atoms with Gasteiger partial charge in [-0.1, -0.05) is 0 Å². The Labute approximate surface area is 96.8 Å². The van der Waals surface area contributed by atoms with E-state index in [0.29, 0.717) is 6.07 Å². The number of rotatable bonds is 2. The van der Waals surface area contributed by atoms with Crippen molar-refractivity contribution in [1.82, 2.24) is 0 Å². The maximum Gasteiger partial charge on any atom is 0.417 e. The highest BCUT2D eigenvalue weighted by molar-refractivity contribution is 5.76. The molecule has 1 rings (SSSR count). The van der Waals surface area contributed by atoms with Crippen molar-refractivity contribution < 1.29 is 36.2 Å². The third-order valence-corrected chi connectivity index (χ3v) is 2.14. The van der Waals surface area contributed by atoms with Gasteiger partial charge in [-0.3, -0.25) is 4.79 Å². The lowest BCUT2D eigenvalue weighted by Crippen LogP contribution is -2.19. The van der Waals surface area contributed by atoms with Gasteiger partial charge in [0.1, 0.15) is 6.29 Å². The second-order valence-corrected chi connectivity index (χ2v) is 3.37. The molecule has 0 saturated heterocycles. The molecule has 1 aromatic carbocycles. The lowest BCUT2D eigenvalue weighted by Gasteiger charge is -2.18. The summed E-state index contributed by atoms with van der Waals surface area (Å²) in [5.74, 6) is 0. The van der Waals surface area contributed by atoms with Gasteiger partial charge >= 0.3 is 12.4 Å². The molecule has 1 aromatic rings. The largest absolute Gasteiger partial charge is 0.417 e. The van der Waals surface area contributed by atoms with Gasteiger partial charge in [0.05, 0.1) is 17.7 Å². The van der Waals surface area contributed by atoms with Crippen LogP contribution in [-0.4, -0.2) is 11.4 Å². The molecule has 0 aliphatic carbocycles. The maximum absolute atomic E-state index is 12.6. The van der Waals surface area contributed by atoms with Crippen LogP contribution in [0.15, 0.2) is 12.1 Å². The van der Waals surface area contributed by atoms with E-state index in [4.69, 9.17) is 5.11 Å². The topological polar surface area (TPSA) is 37.3 Å². The Morgan fingerprint density at radius 1 is 1.06 bits per heavy atom. The van der Waals surface area contributed by atoms with Gasteiger partial charge < -0.3 is 5.11 Å². The van der Waals surface area contributed by atoms with E-state index in [2.05, 4.69) is 0 Å². The monoisotopic (exact) mass is 272 g/mol. The highest BCUT2D eigenvalue weighted by atomic mass is 19.4. The van der Waals surface area contributed by atoms with Crippen LogP contribution in [0.2, 0.25) is 0 Å². The molecular weight excluding hydrogens is 266 g/mol. The van der Waals surface area contributed by atoms with Crippen molar-refractivity contribution in [3.05, 3.63) is 34.4 Å². The van der Waals surface area contributed by atoms with Gasteiger partial charge in [0.25, 0.3) is 0 Å². The Bertz CT molecular complexity index is 461. The standard InChI is InChI=1S/C10H6F6O2/c11-9(12,13)7-2-5(3-17)1-6(4-18)8(7)10(14,15)16/h1-3,18H,4H2. The molecule has 0 aliphatic heterocycles. The van der Waals surface area contributed by atoms with E-state index in [1.54, 1.807) is 0 Å². The molecule has 0 bridgehead atoms. The zero-order valence-electron chi connectivity index (χ0n) is 8.56. The van der Waals surface area contributed by atoms with E-state index >= 15 is 0 Å². The number of carbonyl (C=O) groups excluding carboxylic acids is 1. The molecule has 0 amide bonds. The number of halogens is 6. The molecule has 0 aromatic heterocycles. The Hall–Kier alpha value is -1.57. The summed E-state index contributed by atoms with van der Waals surface area (Å²) in [5, 5.41) is 8.71. The average Bonchev–Trinajstić information content (AvgIpc) is 2.24. The molecule has 18 heavy (non-hydrogen) atoms. The minimum absolute atomic E-state index is 0.0193. The van der Waals surface area contributed by atoms with Crippen molar-refractivity contribution >= 4 is 6.29 Å². The third-order valence-electron chi connectivity index (χ3n) is 2.14. The van der Waals surface area contributed by atoms with Crippen LogP contribution in [0.3, 0.4) is 0 Å². The molecule has 0 atom stereocenters. The van der Waals surface area contributed by atoms with Gasteiger partial charge in [-0.25, -0.2) is 0 Å². The lowest BCUT2D eigenvalue weighted by atomic mass is 9.97. The average molecular weight is 272 g/mol. The van der Waals surface area contributed by atoms with Gasteiger partial charge in [-0.2, -0.15) is 26.3 Å². The number of benzene rings is 1. The Kier molecular flexibility index (Phi) is 3.70. The summed E-state index contributed by atoms with van der Waals surface area (Å²) < 4.78 is 75.2. The second kappa shape index (κ2) is 4.60. The van der Waals surface area contributed by atoms with E-state index in [1.807, 2.05) is 0 Å². The highest BCUT2D eigenvalue weighted by Crippen LogP contribution is 2.42. The van der Waals surface area contributed by atoms with Crippen LogP contribution in [0.25, 0.3) is 0 Å². The first-order chi connectivity index (χ1) is 8.11. The van der Waals surface area contributed by atoms with Crippen LogP contribution in [0, 0.1) is 0 Å². The number of aliphatic hydroxyl groups excluding tert-OH is 1. The van der Waals surface area contributed by atoms with Crippen LogP contribution in [0.1, 0.15) is 27.0 Å².